The van der Waals surface area contributed by atoms with Crippen molar-refractivity contribution in [1.82, 2.24) is 0 Å². The lowest BCUT2D eigenvalue weighted by atomic mass is 10.0. The molecule has 3 nitrogen and oxygen atoms in total. The SMILES string of the molecule is CC(C)Cc1ccccc1OC(C)OC(C)[N+](C)(C)Cc1ccccc1. The van der Waals surface area contributed by atoms with E-state index in [1.807, 2.05) is 25.1 Å². The fraction of sp³-hybridized carbons (Fsp3) is 0.478. The average Bonchev–Trinajstić information content (AvgIpc) is 2.56. The molecule has 0 aromatic heterocycles. The lowest BCUT2D eigenvalue weighted by Gasteiger charge is -2.37. The van der Waals surface area contributed by atoms with E-state index in [9.17, 15) is 0 Å². The average molecular weight is 357 g/mol. The molecule has 2 rings (SSSR count). The predicted octanol–water partition coefficient (Wildman–Crippen LogP) is 5.25. The standard InChI is InChI=1S/C23H34NO2/c1-18(2)16-22-14-10-11-15-23(22)26-20(4)25-19(3)24(5,6)17-21-12-8-7-9-13-21/h7-15,18-20H,16-17H2,1-6H3/q+1. The third kappa shape index (κ3) is 6.15. The molecule has 3 heteroatoms. The van der Waals surface area contributed by atoms with Gasteiger partial charge >= 0.3 is 0 Å². The zero-order valence-electron chi connectivity index (χ0n) is 17.1. The summed E-state index contributed by atoms with van der Waals surface area (Å²) in [6, 6.07) is 18.8. The molecule has 0 radical (unpaired) electrons. The molecule has 26 heavy (non-hydrogen) atoms. The van der Waals surface area contributed by atoms with Crippen LogP contribution in [-0.4, -0.2) is 31.1 Å². The largest absolute Gasteiger partial charge is 0.465 e. The van der Waals surface area contributed by atoms with E-state index in [1.54, 1.807) is 0 Å². The minimum absolute atomic E-state index is 0.0162. The summed E-state index contributed by atoms with van der Waals surface area (Å²) in [7, 11) is 4.38. The van der Waals surface area contributed by atoms with Gasteiger partial charge in [0.05, 0.1) is 14.1 Å². The summed E-state index contributed by atoms with van der Waals surface area (Å²) >= 11 is 0. The van der Waals surface area contributed by atoms with Gasteiger partial charge in [-0.3, -0.25) is 9.22 Å². The van der Waals surface area contributed by atoms with Gasteiger partial charge in [-0.2, -0.15) is 0 Å². The molecule has 0 amide bonds. The van der Waals surface area contributed by atoms with Gasteiger partial charge in [-0.25, -0.2) is 0 Å². The van der Waals surface area contributed by atoms with Crippen molar-refractivity contribution in [3.8, 4) is 5.75 Å². The molecule has 0 aliphatic heterocycles. The Bertz CT molecular complexity index is 667. The zero-order chi connectivity index (χ0) is 19.2. The fourth-order valence-electron chi connectivity index (χ4n) is 3.06. The summed E-state index contributed by atoms with van der Waals surface area (Å²) in [4.78, 5) is 0. The van der Waals surface area contributed by atoms with Crippen molar-refractivity contribution in [2.45, 2.75) is 53.2 Å². The van der Waals surface area contributed by atoms with Gasteiger partial charge in [0.2, 0.25) is 6.29 Å². The first-order valence-corrected chi connectivity index (χ1v) is 9.54. The number of rotatable bonds is 9. The van der Waals surface area contributed by atoms with Gasteiger partial charge in [0.25, 0.3) is 0 Å². The Morgan fingerprint density at radius 1 is 0.846 bits per heavy atom. The van der Waals surface area contributed by atoms with Gasteiger partial charge in [-0.15, -0.1) is 0 Å². The Morgan fingerprint density at radius 2 is 1.46 bits per heavy atom. The van der Waals surface area contributed by atoms with Crippen LogP contribution in [0.4, 0.5) is 0 Å². The minimum Gasteiger partial charge on any atom is -0.465 e. The summed E-state index contributed by atoms with van der Waals surface area (Å²) in [6.45, 7) is 9.46. The third-order valence-corrected chi connectivity index (χ3v) is 4.70. The van der Waals surface area contributed by atoms with Crippen LogP contribution in [0.25, 0.3) is 0 Å². The number of para-hydroxylation sites is 1. The Balaban J connectivity index is 1.97. The number of quaternary nitrogens is 1. The maximum absolute atomic E-state index is 6.20. The molecule has 0 spiro atoms. The van der Waals surface area contributed by atoms with Gasteiger partial charge in [-0.05, 0) is 30.9 Å². The highest BCUT2D eigenvalue weighted by Gasteiger charge is 2.27. The maximum Gasteiger partial charge on any atom is 0.202 e. The van der Waals surface area contributed by atoms with Crippen molar-refractivity contribution in [3.05, 3.63) is 65.7 Å². The van der Waals surface area contributed by atoms with Gasteiger partial charge in [0.1, 0.15) is 12.3 Å². The molecule has 2 unspecified atom stereocenters. The van der Waals surface area contributed by atoms with Gasteiger partial charge in [-0.1, -0.05) is 62.4 Å². The predicted molar refractivity (Wildman–Crippen MR) is 108 cm³/mol. The van der Waals surface area contributed by atoms with Crippen LogP contribution in [0.5, 0.6) is 5.75 Å². The van der Waals surface area contributed by atoms with Crippen LogP contribution in [-0.2, 0) is 17.7 Å². The molecule has 0 bridgehead atoms. The number of hydrogen-bond acceptors (Lipinski definition) is 2. The molecule has 0 aliphatic rings. The lowest BCUT2D eigenvalue weighted by molar-refractivity contribution is -0.949. The van der Waals surface area contributed by atoms with Crippen LogP contribution in [0.1, 0.15) is 38.8 Å². The normalized spacial score (nSPS) is 14.3. The summed E-state index contributed by atoms with van der Waals surface area (Å²) in [5.41, 5.74) is 2.55. The second-order valence-corrected chi connectivity index (χ2v) is 8.05. The molecule has 142 valence electrons. The summed E-state index contributed by atoms with van der Waals surface area (Å²) < 4.78 is 13.1. The van der Waals surface area contributed by atoms with Crippen molar-refractivity contribution in [2.75, 3.05) is 14.1 Å². The topological polar surface area (TPSA) is 18.5 Å². The Kier molecular flexibility index (Phi) is 7.24. The Hall–Kier alpha value is -1.84. The molecule has 0 saturated heterocycles. The van der Waals surface area contributed by atoms with Crippen molar-refractivity contribution in [3.63, 3.8) is 0 Å². The van der Waals surface area contributed by atoms with Gasteiger partial charge < -0.3 is 4.74 Å². The van der Waals surface area contributed by atoms with E-state index >= 15 is 0 Å². The highest BCUT2D eigenvalue weighted by atomic mass is 16.7. The molecule has 2 aromatic carbocycles. The van der Waals surface area contributed by atoms with Crippen LogP contribution in [0, 0.1) is 5.92 Å². The van der Waals surface area contributed by atoms with E-state index in [0.717, 1.165) is 23.2 Å². The molecule has 0 aliphatic carbocycles. The number of ether oxygens (including phenoxy) is 2. The number of benzene rings is 2. The highest BCUT2D eigenvalue weighted by Crippen LogP contribution is 2.24. The second-order valence-electron chi connectivity index (χ2n) is 8.05. The van der Waals surface area contributed by atoms with Crippen LogP contribution >= 0.6 is 0 Å². The van der Waals surface area contributed by atoms with Gasteiger partial charge in [0.15, 0.2) is 6.23 Å². The molecule has 2 aromatic rings. The van der Waals surface area contributed by atoms with Gasteiger partial charge in [0, 0.05) is 12.5 Å². The van der Waals surface area contributed by atoms with Crippen LogP contribution in [0.3, 0.4) is 0 Å². The summed E-state index contributed by atoms with van der Waals surface area (Å²) in [5.74, 6) is 1.52. The summed E-state index contributed by atoms with van der Waals surface area (Å²) in [5, 5.41) is 0. The number of hydrogen-bond donors (Lipinski definition) is 0. The van der Waals surface area contributed by atoms with E-state index < -0.39 is 0 Å². The monoisotopic (exact) mass is 356 g/mol. The van der Waals surface area contributed by atoms with Crippen LogP contribution in [0.15, 0.2) is 54.6 Å². The van der Waals surface area contributed by atoms with E-state index in [0.29, 0.717) is 5.92 Å². The molecule has 2 atom stereocenters. The lowest BCUT2D eigenvalue weighted by Crippen LogP contribution is -2.49. The Morgan fingerprint density at radius 3 is 2.12 bits per heavy atom. The Labute approximate surface area is 159 Å². The van der Waals surface area contributed by atoms with E-state index in [1.165, 1.54) is 11.1 Å². The van der Waals surface area contributed by atoms with Crippen molar-refractivity contribution in [1.29, 1.82) is 0 Å². The molecular weight excluding hydrogens is 322 g/mol. The number of nitrogens with zero attached hydrogens (tertiary/aromatic N) is 1. The quantitative estimate of drug-likeness (QED) is 0.451. The van der Waals surface area contributed by atoms with E-state index in [-0.39, 0.29) is 12.5 Å². The first kappa shape index (κ1) is 20.5. The molecule has 0 fully saturated rings. The van der Waals surface area contributed by atoms with E-state index in [2.05, 4.69) is 71.3 Å². The molecular formula is C23H34NO2+. The highest BCUT2D eigenvalue weighted by molar-refractivity contribution is 5.33. The third-order valence-electron chi connectivity index (χ3n) is 4.70. The molecule has 0 saturated carbocycles. The smallest absolute Gasteiger partial charge is 0.202 e. The van der Waals surface area contributed by atoms with Crippen LogP contribution in [0.2, 0.25) is 0 Å². The fourth-order valence-corrected chi connectivity index (χ4v) is 3.06. The molecule has 0 N–H and O–H groups in total. The first-order valence-electron chi connectivity index (χ1n) is 9.54. The van der Waals surface area contributed by atoms with Crippen molar-refractivity contribution < 1.29 is 14.0 Å². The summed E-state index contributed by atoms with van der Waals surface area (Å²) in [6.07, 6.45) is 0.725. The first-order chi connectivity index (χ1) is 12.3. The zero-order valence-corrected chi connectivity index (χ0v) is 17.1. The van der Waals surface area contributed by atoms with Crippen LogP contribution < -0.4 is 4.74 Å². The van der Waals surface area contributed by atoms with Crippen molar-refractivity contribution >= 4 is 0 Å². The van der Waals surface area contributed by atoms with E-state index in [4.69, 9.17) is 9.47 Å². The minimum atomic E-state index is -0.300. The van der Waals surface area contributed by atoms with Crippen molar-refractivity contribution in [2.24, 2.45) is 5.92 Å². The molecule has 0 heterocycles. The second kappa shape index (κ2) is 9.20. The maximum atomic E-state index is 6.20.